The van der Waals surface area contributed by atoms with E-state index < -0.39 is 10.0 Å². The number of benzene rings is 2. The Kier molecular flexibility index (Phi) is 6.21. The van der Waals surface area contributed by atoms with Gasteiger partial charge in [-0.3, -0.25) is 4.79 Å². The number of carbonyl (C=O) groups is 1. The summed E-state index contributed by atoms with van der Waals surface area (Å²) < 4.78 is 24.9. The highest BCUT2D eigenvalue weighted by atomic mass is 35.5. The summed E-state index contributed by atoms with van der Waals surface area (Å²) >= 11 is 13.4. The zero-order valence-electron chi connectivity index (χ0n) is 14.6. The second kappa shape index (κ2) is 8.30. The summed E-state index contributed by atoms with van der Waals surface area (Å²) in [5.41, 5.74) is 1.99. The summed E-state index contributed by atoms with van der Waals surface area (Å²) in [6, 6.07) is 10.0. The highest BCUT2D eigenvalue weighted by molar-refractivity contribution is 7.99. The van der Waals surface area contributed by atoms with Crippen LogP contribution in [0.5, 0.6) is 0 Å². The van der Waals surface area contributed by atoms with E-state index in [1.807, 2.05) is 35.8 Å². The number of fused-ring (bicyclic) bond motifs is 1. The van der Waals surface area contributed by atoms with E-state index in [9.17, 15) is 13.2 Å². The van der Waals surface area contributed by atoms with Gasteiger partial charge in [0.25, 0.3) is 0 Å². The van der Waals surface area contributed by atoms with Crippen molar-refractivity contribution in [2.75, 3.05) is 11.1 Å². The Hall–Kier alpha value is -1.78. The van der Waals surface area contributed by atoms with Crippen LogP contribution >= 0.6 is 35.0 Å². The molecule has 0 aliphatic rings. The number of nitrogens with zero attached hydrogens (tertiary/aromatic N) is 2. The lowest BCUT2D eigenvalue weighted by Crippen LogP contribution is -2.16. The first-order chi connectivity index (χ1) is 13.2. The van der Waals surface area contributed by atoms with Gasteiger partial charge in [0.05, 0.1) is 37.4 Å². The molecule has 148 valence electrons. The topological polar surface area (TPSA) is 107 Å². The molecule has 0 saturated heterocycles. The zero-order valence-corrected chi connectivity index (χ0v) is 17.8. The number of halogens is 2. The molecule has 3 aromatic rings. The molecule has 1 heterocycles. The molecule has 0 fully saturated rings. The number of nitrogens with one attached hydrogen (secondary N) is 1. The van der Waals surface area contributed by atoms with Crippen LogP contribution in [0.3, 0.4) is 0 Å². The number of hydrogen-bond acceptors (Lipinski definition) is 5. The van der Waals surface area contributed by atoms with E-state index in [0.717, 1.165) is 34.9 Å². The minimum Gasteiger partial charge on any atom is -0.323 e. The first-order valence-electron chi connectivity index (χ1n) is 8.10. The quantitative estimate of drug-likeness (QED) is 0.546. The van der Waals surface area contributed by atoms with Crippen molar-refractivity contribution in [2.45, 2.75) is 23.5 Å². The molecular weight excluding hydrogens is 443 g/mol. The minimum absolute atomic E-state index is 0.0179. The van der Waals surface area contributed by atoms with Crippen LogP contribution in [0.2, 0.25) is 10.0 Å². The summed E-state index contributed by atoms with van der Waals surface area (Å²) in [6.45, 7) is 2.72. The highest BCUT2D eigenvalue weighted by Gasteiger charge is 2.17. The summed E-state index contributed by atoms with van der Waals surface area (Å²) in [5.74, 6) is -0.278. The number of aromatic nitrogens is 2. The lowest BCUT2D eigenvalue weighted by atomic mass is 10.3. The van der Waals surface area contributed by atoms with Crippen LogP contribution in [0.1, 0.15) is 6.92 Å². The van der Waals surface area contributed by atoms with Gasteiger partial charge >= 0.3 is 0 Å². The highest BCUT2D eigenvalue weighted by Crippen LogP contribution is 2.33. The molecule has 0 radical (unpaired) electrons. The van der Waals surface area contributed by atoms with E-state index in [4.69, 9.17) is 28.3 Å². The number of amides is 1. The number of carbonyl (C=O) groups excluding carboxylic acids is 1. The predicted molar refractivity (Wildman–Crippen MR) is 113 cm³/mol. The summed E-state index contributed by atoms with van der Waals surface area (Å²) in [6.07, 6.45) is 0. The third-order valence-electron chi connectivity index (χ3n) is 3.88. The molecule has 0 aliphatic heterocycles. The Morgan fingerprint density at radius 2 is 1.89 bits per heavy atom. The lowest BCUT2D eigenvalue weighted by Gasteiger charge is -2.11. The lowest BCUT2D eigenvalue weighted by molar-refractivity contribution is -0.113. The van der Waals surface area contributed by atoms with E-state index in [-0.39, 0.29) is 32.3 Å². The molecule has 0 saturated carbocycles. The van der Waals surface area contributed by atoms with Crippen LogP contribution in [0.15, 0.2) is 46.5 Å². The van der Waals surface area contributed by atoms with Crippen molar-refractivity contribution >= 4 is 67.6 Å². The monoisotopic (exact) mass is 458 g/mol. The van der Waals surface area contributed by atoms with Crippen molar-refractivity contribution in [3.63, 3.8) is 0 Å². The molecule has 0 bridgehead atoms. The van der Waals surface area contributed by atoms with E-state index >= 15 is 0 Å². The SMILES string of the molecule is CCn1c(SCC(=O)Nc2c(Cl)cc(S(N)(=O)=O)cc2Cl)nc2ccccc21. The van der Waals surface area contributed by atoms with E-state index in [0.29, 0.717) is 0 Å². The van der Waals surface area contributed by atoms with Crippen LogP contribution in [0, 0.1) is 0 Å². The Morgan fingerprint density at radius 1 is 1.25 bits per heavy atom. The van der Waals surface area contributed by atoms with Gasteiger partial charge in [-0.1, -0.05) is 47.1 Å². The second-order valence-corrected chi connectivity index (χ2v) is 9.09. The van der Waals surface area contributed by atoms with Crippen LogP contribution in [-0.4, -0.2) is 29.6 Å². The molecule has 0 spiro atoms. The summed E-state index contributed by atoms with van der Waals surface area (Å²) in [7, 11) is -3.96. The maximum Gasteiger partial charge on any atom is 0.238 e. The number of anilines is 1. The Bertz CT molecular complexity index is 1140. The van der Waals surface area contributed by atoms with Gasteiger partial charge in [-0.25, -0.2) is 18.5 Å². The van der Waals surface area contributed by atoms with Gasteiger partial charge < -0.3 is 9.88 Å². The number of imidazole rings is 1. The molecule has 3 rings (SSSR count). The first kappa shape index (κ1) is 20.9. The van der Waals surface area contributed by atoms with Gasteiger partial charge in [-0.15, -0.1) is 0 Å². The average Bonchev–Trinajstić information content (AvgIpc) is 2.99. The number of thioether (sulfide) groups is 1. The maximum atomic E-state index is 12.4. The van der Waals surface area contributed by atoms with Crippen molar-refractivity contribution in [3.05, 3.63) is 46.4 Å². The van der Waals surface area contributed by atoms with E-state index in [1.165, 1.54) is 11.8 Å². The van der Waals surface area contributed by atoms with Crippen molar-refractivity contribution in [1.29, 1.82) is 0 Å². The smallest absolute Gasteiger partial charge is 0.238 e. The molecule has 2 aromatic carbocycles. The van der Waals surface area contributed by atoms with Crippen molar-refractivity contribution in [2.24, 2.45) is 5.14 Å². The van der Waals surface area contributed by atoms with Crippen molar-refractivity contribution in [1.82, 2.24) is 9.55 Å². The molecule has 0 unspecified atom stereocenters. The fourth-order valence-electron chi connectivity index (χ4n) is 2.61. The standard InChI is InChI=1S/C17H16Cl2N4O3S2/c1-2-23-14-6-4-3-5-13(14)21-17(23)27-9-15(24)22-16-11(18)7-10(8-12(16)19)28(20,25)26/h3-8H,2,9H2,1H3,(H,22,24)(H2,20,25,26). The van der Waals surface area contributed by atoms with Crippen LogP contribution < -0.4 is 10.5 Å². The molecule has 11 heteroatoms. The fourth-order valence-corrected chi connectivity index (χ4v) is 4.76. The number of nitrogens with two attached hydrogens (primary N) is 1. The minimum atomic E-state index is -3.96. The fraction of sp³-hybridized carbons (Fsp3) is 0.176. The Labute approximate surface area is 176 Å². The van der Waals surface area contributed by atoms with Gasteiger partial charge in [0.2, 0.25) is 15.9 Å². The predicted octanol–water partition coefficient (Wildman–Crippen LogP) is 3.74. The number of rotatable bonds is 6. The Balaban J connectivity index is 1.75. The van der Waals surface area contributed by atoms with Gasteiger partial charge in [0.15, 0.2) is 5.16 Å². The largest absolute Gasteiger partial charge is 0.323 e. The number of aryl methyl sites for hydroxylation is 1. The van der Waals surface area contributed by atoms with Gasteiger partial charge in [0, 0.05) is 6.54 Å². The summed E-state index contributed by atoms with van der Waals surface area (Å²) in [5, 5.41) is 8.36. The van der Waals surface area contributed by atoms with Crippen LogP contribution in [0.25, 0.3) is 11.0 Å². The van der Waals surface area contributed by atoms with Crippen molar-refractivity contribution in [3.8, 4) is 0 Å². The van der Waals surface area contributed by atoms with Gasteiger partial charge in [-0.05, 0) is 31.2 Å². The average molecular weight is 459 g/mol. The molecule has 1 aromatic heterocycles. The third-order valence-corrected chi connectivity index (χ3v) is 6.34. The molecule has 7 nitrogen and oxygen atoms in total. The molecular formula is C17H16Cl2N4O3S2. The van der Waals surface area contributed by atoms with E-state index in [2.05, 4.69) is 10.3 Å². The molecule has 0 aliphatic carbocycles. The summed E-state index contributed by atoms with van der Waals surface area (Å²) in [4.78, 5) is 16.7. The molecule has 3 N–H and O–H groups in total. The number of hydrogen-bond donors (Lipinski definition) is 2. The van der Waals surface area contributed by atoms with Gasteiger partial charge in [0.1, 0.15) is 0 Å². The number of sulfonamides is 1. The first-order valence-corrected chi connectivity index (χ1v) is 11.4. The molecule has 1 amide bonds. The van der Waals surface area contributed by atoms with E-state index in [1.54, 1.807) is 0 Å². The molecule has 28 heavy (non-hydrogen) atoms. The number of para-hydroxylation sites is 2. The maximum absolute atomic E-state index is 12.4. The zero-order chi connectivity index (χ0) is 20.5. The normalized spacial score (nSPS) is 11.7. The molecule has 0 atom stereocenters. The van der Waals surface area contributed by atoms with Crippen molar-refractivity contribution < 1.29 is 13.2 Å². The van der Waals surface area contributed by atoms with Crippen LogP contribution in [0.4, 0.5) is 5.69 Å². The third kappa shape index (κ3) is 4.44. The second-order valence-electron chi connectivity index (χ2n) is 5.77. The number of primary sulfonamides is 1. The van der Waals surface area contributed by atoms with Crippen LogP contribution in [-0.2, 0) is 21.4 Å². The Morgan fingerprint density at radius 3 is 2.50 bits per heavy atom. The van der Waals surface area contributed by atoms with Gasteiger partial charge in [-0.2, -0.15) is 0 Å².